The third-order valence-corrected chi connectivity index (χ3v) is 7.18. The van der Waals surface area contributed by atoms with Crippen molar-refractivity contribution in [1.82, 2.24) is 9.97 Å². The molecule has 0 bridgehead atoms. The highest BCUT2D eigenvalue weighted by Gasteiger charge is 2.32. The topological polar surface area (TPSA) is 41.4 Å². The third kappa shape index (κ3) is 4.41. The predicted molar refractivity (Wildman–Crippen MR) is 152 cm³/mol. The number of halogens is 2. The van der Waals surface area contributed by atoms with Crippen LogP contribution in [0.25, 0.3) is 22.2 Å². The molecule has 1 unspecified atom stereocenters. The first kappa shape index (κ1) is 22.9. The van der Waals surface area contributed by atoms with E-state index in [-0.39, 0.29) is 6.04 Å². The van der Waals surface area contributed by atoms with E-state index in [9.17, 15) is 0 Å². The van der Waals surface area contributed by atoms with Crippen LogP contribution in [0.4, 0.5) is 5.95 Å². The molecule has 0 spiro atoms. The normalized spacial score (nSPS) is 15.4. The molecule has 4 aromatic carbocycles. The van der Waals surface area contributed by atoms with E-state index in [2.05, 4.69) is 83.5 Å². The number of hydrogen-bond donors (Lipinski definition) is 0. The van der Waals surface area contributed by atoms with Crippen LogP contribution >= 0.6 is 27.5 Å². The second-order valence-corrected chi connectivity index (χ2v) is 10.3. The zero-order chi connectivity index (χ0) is 24.6. The van der Waals surface area contributed by atoms with Gasteiger partial charge in [0.25, 0.3) is 0 Å². The molecule has 5 aromatic rings. The number of hydrazone groups is 1. The molecule has 6 rings (SSSR count). The van der Waals surface area contributed by atoms with Crippen LogP contribution in [-0.4, -0.2) is 15.7 Å². The molecule has 1 aliphatic heterocycles. The smallest absolute Gasteiger partial charge is 0.223 e. The minimum absolute atomic E-state index is 0.0259. The molecule has 1 atom stereocenters. The maximum absolute atomic E-state index is 6.37. The first-order valence-corrected chi connectivity index (χ1v) is 12.9. The van der Waals surface area contributed by atoms with Crippen molar-refractivity contribution in [2.24, 2.45) is 5.10 Å². The number of rotatable bonds is 4. The fraction of sp³-hybridized carbons (Fsp3) is 0.100. The van der Waals surface area contributed by atoms with Gasteiger partial charge in [0.2, 0.25) is 5.95 Å². The van der Waals surface area contributed by atoms with Crippen LogP contribution in [0.3, 0.4) is 0 Å². The molecule has 2 heterocycles. The van der Waals surface area contributed by atoms with Crippen molar-refractivity contribution in [3.8, 4) is 11.3 Å². The lowest BCUT2D eigenvalue weighted by Gasteiger charge is -2.23. The Morgan fingerprint density at radius 2 is 1.61 bits per heavy atom. The molecule has 0 radical (unpaired) electrons. The van der Waals surface area contributed by atoms with E-state index in [0.717, 1.165) is 49.9 Å². The molecule has 0 saturated heterocycles. The molecule has 1 aliphatic rings. The fourth-order valence-electron chi connectivity index (χ4n) is 4.65. The van der Waals surface area contributed by atoms with Crippen molar-refractivity contribution in [2.45, 2.75) is 19.4 Å². The zero-order valence-electron chi connectivity index (χ0n) is 19.6. The lowest BCUT2D eigenvalue weighted by Crippen LogP contribution is -2.21. The number of aryl methyl sites for hydroxylation is 1. The Morgan fingerprint density at radius 1 is 0.833 bits per heavy atom. The zero-order valence-corrected chi connectivity index (χ0v) is 21.9. The highest BCUT2D eigenvalue weighted by Crippen LogP contribution is 2.38. The standard InChI is InChI=1S/C30H22BrClN4/c1-19-6-5-9-22(16-19)27-18-28(20-10-12-23(31)13-11-20)36(35-27)30-33-26-15-14-24(32)17-25(26)29(34-30)21-7-3-2-4-8-21/h2-17,28H,18H2,1H3. The Labute approximate surface area is 223 Å². The highest BCUT2D eigenvalue weighted by molar-refractivity contribution is 9.10. The first-order chi connectivity index (χ1) is 17.5. The van der Waals surface area contributed by atoms with Gasteiger partial charge in [-0.05, 0) is 48.4 Å². The predicted octanol–water partition coefficient (Wildman–Crippen LogP) is 8.38. The van der Waals surface area contributed by atoms with Crippen LogP contribution in [-0.2, 0) is 0 Å². The quantitative estimate of drug-likeness (QED) is 0.224. The molecule has 0 amide bonds. The van der Waals surface area contributed by atoms with Gasteiger partial charge in [0.15, 0.2) is 0 Å². The number of fused-ring (bicyclic) bond motifs is 1. The average molecular weight is 554 g/mol. The first-order valence-electron chi connectivity index (χ1n) is 11.8. The molecule has 0 N–H and O–H groups in total. The van der Waals surface area contributed by atoms with Gasteiger partial charge in [0.05, 0.1) is 23.0 Å². The van der Waals surface area contributed by atoms with Gasteiger partial charge in [-0.2, -0.15) is 5.10 Å². The maximum Gasteiger partial charge on any atom is 0.247 e. The summed E-state index contributed by atoms with van der Waals surface area (Å²) in [6, 6.07) is 32.8. The van der Waals surface area contributed by atoms with Crippen molar-refractivity contribution >= 4 is 50.1 Å². The summed E-state index contributed by atoms with van der Waals surface area (Å²) in [5.41, 5.74) is 7.19. The Morgan fingerprint density at radius 3 is 2.39 bits per heavy atom. The van der Waals surface area contributed by atoms with Gasteiger partial charge in [0.1, 0.15) is 0 Å². The van der Waals surface area contributed by atoms with Crippen LogP contribution < -0.4 is 5.01 Å². The van der Waals surface area contributed by atoms with E-state index in [1.54, 1.807) is 0 Å². The molecular formula is C30H22BrClN4. The van der Waals surface area contributed by atoms with Gasteiger partial charge in [0, 0.05) is 26.9 Å². The molecule has 0 aliphatic carbocycles. The summed E-state index contributed by atoms with van der Waals surface area (Å²) >= 11 is 9.93. The van der Waals surface area contributed by atoms with Crippen LogP contribution in [0.5, 0.6) is 0 Å². The third-order valence-electron chi connectivity index (χ3n) is 6.41. The second-order valence-electron chi connectivity index (χ2n) is 8.93. The highest BCUT2D eigenvalue weighted by atomic mass is 79.9. The van der Waals surface area contributed by atoms with Gasteiger partial charge in [-0.25, -0.2) is 15.0 Å². The summed E-state index contributed by atoms with van der Waals surface area (Å²) in [5, 5.41) is 8.64. The second kappa shape index (κ2) is 9.49. The van der Waals surface area contributed by atoms with Crippen molar-refractivity contribution in [3.63, 3.8) is 0 Å². The molecular weight excluding hydrogens is 532 g/mol. The van der Waals surface area contributed by atoms with E-state index in [4.69, 9.17) is 26.7 Å². The Balaban J connectivity index is 1.54. The minimum Gasteiger partial charge on any atom is -0.223 e. The Bertz CT molecular complexity index is 1600. The van der Waals surface area contributed by atoms with Gasteiger partial charge < -0.3 is 0 Å². The van der Waals surface area contributed by atoms with Crippen molar-refractivity contribution in [2.75, 3.05) is 5.01 Å². The summed E-state index contributed by atoms with van der Waals surface area (Å²) in [6.45, 7) is 2.10. The number of benzene rings is 4. The van der Waals surface area contributed by atoms with Crippen LogP contribution in [0.2, 0.25) is 5.02 Å². The molecule has 176 valence electrons. The van der Waals surface area contributed by atoms with Crippen LogP contribution in [0, 0.1) is 6.92 Å². The number of anilines is 1. The van der Waals surface area contributed by atoms with E-state index in [0.29, 0.717) is 11.0 Å². The SMILES string of the molecule is Cc1cccc(C2=NN(c3nc(-c4ccccc4)c4cc(Cl)ccc4n3)C(c3ccc(Br)cc3)C2)c1. The lowest BCUT2D eigenvalue weighted by molar-refractivity contribution is 0.689. The summed E-state index contributed by atoms with van der Waals surface area (Å²) in [4.78, 5) is 10.0. The summed E-state index contributed by atoms with van der Waals surface area (Å²) < 4.78 is 1.04. The van der Waals surface area contributed by atoms with Gasteiger partial charge >= 0.3 is 0 Å². The summed E-state index contributed by atoms with van der Waals surface area (Å²) in [6.07, 6.45) is 0.758. The summed E-state index contributed by atoms with van der Waals surface area (Å²) in [5.74, 6) is 0.569. The van der Waals surface area contributed by atoms with Crippen molar-refractivity contribution < 1.29 is 0 Å². The van der Waals surface area contributed by atoms with E-state index < -0.39 is 0 Å². The van der Waals surface area contributed by atoms with Crippen LogP contribution in [0.1, 0.15) is 29.2 Å². The molecule has 0 fully saturated rings. The minimum atomic E-state index is -0.0259. The molecule has 1 aromatic heterocycles. The van der Waals surface area contributed by atoms with E-state index in [1.165, 1.54) is 5.56 Å². The van der Waals surface area contributed by atoms with Crippen molar-refractivity contribution in [3.05, 3.63) is 123 Å². The van der Waals surface area contributed by atoms with Crippen molar-refractivity contribution in [1.29, 1.82) is 0 Å². The van der Waals surface area contributed by atoms with Gasteiger partial charge in [-0.1, -0.05) is 99.8 Å². The largest absolute Gasteiger partial charge is 0.247 e. The van der Waals surface area contributed by atoms with Gasteiger partial charge in [-0.15, -0.1) is 0 Å². The van der Waals surface area contributed by atoms with Crippen LogP contribution in [0.15, 0.2) is 107 Å². The van der Waals surface area contributed by atoms with Gasteiger partial charge in [-0.3, -0.25) is 0 Å². The molecule has 6 heteroatoms. The average Bonchev–Trinajstić information content (AvgIpc) is 3.35. The Hall–Kier alpha value is -3.54. The number of nitrogens with zero attached hydrogens (tertiary/aromatic N) is 4. The molecule has 36 heavy (non-hydrogen) atoms. The summed E-state index contributed by atoms with van der Waals surface area (Å²) in [7, 11) is 0. The number of hydrogen-bond acceptors (Lipinski definition) is 4. The lowest BCUT2D eigenvalue weighted by atomic mass is 9.98. The fourth-order valence-corrected chi connectivity index (χ4v) is 5.08. The van der Waals surface area contributed by atoms with E-state index >= 15 is 0 Å². The van der Waals surface area contributed by atoms with E-state index in [1.807, 2.05) is 41.4 Å². The number of aromatic nitrogens is 2. The monoisotopic (exact) mass is 552 g/mol. The molecule has 0 saturated carbocycles. The molecule has 4 nitrogen and oxygen atoms in total. The maximum atomic E-state index is 6.37. The Kier molecular flexibility index (Phi) is 6.04.